The average molecular weight is 253 g/mol. The quantitative estimate of drug-likeness (QED) is 0.737. The topological polar surface area (TPSA) is 26.0 Å². The van der Waals surface area contributed by atoms with E-state index in [0.717, 1.165) is 19.4 Å². The molecule has 0 saturated heterocycles. The van der Waals surface area contributed by atoms with Gasteiger partial charge in [0, 0.05) is 0 Å². The number of benzene rings is 2. The molecular formula is C18H23N. The fourth-order valence-corrected chi connectivity index (χ4v) is 2.55. The molecule has 0 heterocycles. The van der Waals surface area contributed by atoms with Crippen molar-refractivity contribution >= 4 is 0 Å². The molecule has 0 aliphatic heterocycles. The highest BCUT2D eigenvalue weighted by Crippen LogP contribution is 2.26. The summed E-state index contributed by atoms with van der Waals surface area (Å²) in [5.41, 5.74) is 8.47. The number of hydrogen-bond acceptors (Lipinski definition) is 1. The molecule has 19 heavy (non-hydrogen) atoms. The van der Waals surface area contributed by atoms with Gasteiger partial charge in [0.05, 0.1) is 0 Å². The molecule has 0 aromatic heterocycles. The van der Waals surface area contributed by atoms with Crippen LogP contribution in [0.25, 0.3) is 0 Å². The lowest BCUT2D eigenvalue weighted by Gasteiger charge is -2.17. The lowest BCUT2D eigenvalue weighted by molar-refractivity contribution is 0.571. The van der Waals surface area contributed by atoms with Gasteiger partial charge >= 0.3 is 0 Å². The van der Waals surface area contributed by atoms with Crippen molar-refractivity contribution in [1.82, 2.24) is 0 Å². The molecular weight excluding hydrogens is 230 g/mol. The molecule has 1 nitrogen and oxygen atoms in total. The largest absolute Gasteiger partial charge is 0.330 e. The van der Waals surface area contributed by atoms with Gasteiger partial charge in [0.1, 0.15) is 0 Å². The summed E-state index contributed by atoms with van der Waals surface area (Å²) in [4.78, 5) is 0. The Balaban J connectivity index is 2.06. The van der Waals surface area contributed by atoms with Gasteiger partial charge in [-0.1, -0.05) is 67.1 Å². The molecule has 1 heteroatoms. The first kappa shape index (κ1) is 13.8. The van der Waals surface area contributed by atoms with E-state index in [0.29, 0.717) is 5.92 Å². The van der Waals surface area contributed by atoms with E-state index >= 15 is 0 Å². The number of rotatable bonds is 7. The Hall–Kier alpha value is -1.60. The van der Waals surface area contributed by atoms with Crippen LogP contribution in [0.2, 0.25) is 0 Å². The van der Waals surface area contributed by atoms with Gasteiger partial charge in [-0.2, -0.15) is 0 Å². The van der Waals surface area contributed by atoms with Crippen molar-refractivity contribution in [2.24, 2.45) is 5.73 Å². The minimum atomic E-state index is 0.607. The van der Waals surface area contributed by atoms with E-state index in [1.807, 2.05) is 0 Å². The third-order valence-electron chi connectivity index (χ3n) is 3.60. The molecule has 1 atom stereocenters. The van der Waals surface area contributed by atoms with Gasteiger partial charge in [-0.15, -0.1) is 0 Å². The smallest absolute Gasteiger partial charge is 0.00773 e. The molecule has 0 aliphatic rings. The van der Waals surface area contributed by atoms with E-state index in [9.17, 15) is 0 Å². The molecule has 0 bridgehead atoms. The van der Waals surface area contributed by atoms with E-state index in [2.05, 4.69) is 60.7 Å². The highest BCUT2D eigenvalue weighted by Gasteiger charge is 2.11. The fourth-order valence-electron chi connectivity index (χ4n) is 2.55. The van der Waals surface area contributed by atoms with Gasteiger partial charge in [-0.05, 0) is 42.9 Å². The molecule has 100 valence electrons. The van der Waals surface area contributed by atoms with Crippen LogP contribution in [0.15, 0.2) is 60.7 Å². The van der Waals surface area contributed by atoms with Gasteiger partial charge in [-0.25, -0.2) is 0 Å². The predicted molar refractivity (Wildman–Crippen MR) is 82.2 cm³/mol. The second-order valence-electron chi connectivity index (χ2n) is 5.08. The lowest BCUT2D eigenvalue weighted by atomic mass is 9.88. The van der Waals surface area contributed by atoms with E-state index in [1.54, 1.807) is 0 Å². The van der Waals surface area contributed by atoms with Gasteiger partial charge in [0.25, 0.3) is 0 Å². The van der Waals surface area contributed by atoms with Gasteiger partial charge in [-0.3, -0.25) is 0 Å². The Morgan fingerprint density at radius 2 is 1.42 bits per heavy atom. The van der Waals surface area contributed by atoms with Crippen LogP contribution in [0.3, 0.4) is 0 Å². The van der Waals surface area contributed by atoms with E-state index in [-0.39, 0.29) is 0 Å². The van der Waals surface area contributed by atoms with Gasteiger partial charge in [0.15, 0.2) is 0 Å². The number of nitrogens with two attached hydrogens (primary N) is 1. The zero-order valence-corrected chi connectivity index (χ0v) is 11.5. The average Bonchev–Trinajstić information content (AvgIpc) is 2.48. The molecule has 2 rings (SSSR count). The molecule has 0 aliphatic carbocycles. The second-order valence-corrected chi connectivity index (χ2v) is 5.08. The monoisotopic (exact) mass is 253 g/mol. The summed E-state index contributed by atoms with van der Waals surface area (Å²) in [6.07, 6.45) is 4.67. The first-order valence-electron chi connectivity index (χ1n) is 7.19. The SMILES string of the molecule is NCCCCC(Cc1ccccc1)c1ccccc1. The maximum absolute atomic E-state index is 5.61. The molecule has 0 amide bonds. The molecule has 1 unspecified atom stereocenters. The predicted octanol–water partition coefficient (Wildman–Crippen LogP) is 4.14. The number of unbranched alkanes of at least 4 members (excludes halogenated alkanes) is 1. The molecule has 2 aromatic rings. The zero-order valence-electron chi connectivity index (χ0n) is 11.5. The molecule has 0 fully saturated rings. The highest BCUT2D eigenvalue weighted by molar-refractivity contribution is 5.24. The number of hydrogen-bond donors (Lipinski definition) is 1. The van der Waals surface area contributed by atoms with Crippen LogP contribution in [-0.4, -0.2) is 6.54 Å². The zero-order chi connectivity index (χ0) is 13.3. The Kier molecular flexibility index (Phi) is 5.64. The Morgan fingerprint density at radius 1 is 0.789 bits per heavy atom. The van der Waals surface area contributed by atoms with Crippen molar-refractivity contribution in [3.63, 3.8) is 0 Å². The van der Waals surface area contributed by atoms with Crippen LogP contribution in [0, 0.1) is 0 Å². The summed E-state index contributed by atoms with van der Waals surface area (Å²) in [5.74, 6) is 0.607. The van der Waals surface area contributed by atoms with Crippen molar-refractivity contribution in [3.8, 4) is 0 Å². The summed E-state index contributed by atoms with van der Waals surface area (Å²) in [7, 11) is 0. The Bertz CT molecular complexity index is 450. The Morgan fingerprint density at radius 3 is 2.05 bits per heavy atom. The molecule has 0 spiro atoms. The summed E-state index contributed by atoms with van der Waals surface area (Å²) in [5, 5.41) is 0. The van der Waals surface area contributed by atoms with Crippen molar-refractivity contribution in [2.75, 3.05) is 6.54 Å². The minimum Gasteiger partial charge on any atom is -0.330 e. The van der Waals surface area contributed by atoms with Crippen molar-refractivity contribution in [2.45, 2.75) is 31.6 Å². The van der Waals surface area contributed by atoms with E-state index < -0.39 is 0 Å². The van der Waals surface area contributed by atoms with Crippen LogP contribution < -0.4 is 5.73 Å². The standard InChI is InChI=1S/C18H23N/c19-14-8-7-13-18(17-11-5-2-6-12-17)15-16-9-3-1-4-10-16/h1-6,9-12,18H,7-8,13-15,19H2. The maximum Gasteiger partial charge on any atom is -0.00773 e. The van der Waals surface area contributed by atoms with Crippen LogP contribution in [0.5, 0.6) is 0 Å². The van der Waals surface area contributed by atoms with Crippen LogP contribution in [0.1, 0.15) is 36.3 Å². The van der Waals surface area contributed by atoms with Crippen molar-refractivity contribution in [3.05, 3.63) is 71.8 Å². The first-order chi connectivity index (χ1) is 9.40. The maximum atomic E-state index is 5.61. The molecule has 2 N–H and O–H groups in total. The van der Waals surface area contributed by atoms with Crippen LogP contribution in [-0.2, 0) is 6.42 Å². The third-order valence-corrected chi connectivity index (χ3v) is 3.60. The molecule has 0 saturated carbocycles. The van der Waals surface area contributed by atoms with Crippen molar-refractivity contribution in [1.29, 1.82) is 0 Å². The lowest BCUT2D eigenvalue weighted by Crippen LogP contribution is -2.05. The highest BCUT2D eigenvalue weighted by atomic mass is 14.5. The molecule has 2 aromatic carbocycles. The first-order valence-corrected chi connectivity index (χ1v) is 7.19. The Labute approximate surface area is 116 Å². The summed E-state index contributed by atoms with van der Waals surface area (Å²) < 4.78 is 0. The summed E-state index contributed by atoms with van der Waals surface area (Å²) in [6.45, 7) is 0.798. The molecule has 0 radical (unpaired) electrons. The summed E-state index contributed by atoms with van der Waals surface area (Å²) >= 11 is 0. The van der Waals surface area contributed by atoms with Crippen molar-refractivity contribution < 1.29 is 0 Å². The normalized spacial score (nSPS) is 12.3. The van der Waals surface area contributed by atoms with E-state index in [4.69, 9.17) is 5.73 Å². The van der Waals surface area contributed by atoms with Crippen LogP contribution >= 0.6 is 0 Å². The fraction of sp³-hybridized carbons (Fsp3) is 0.333. The summed E-state index contributed by atoms with van der Waals surface area (Å²) in [6, 6.07) is 21.6. The van der Waals surface area contributed by atoms with E-state index in [1.165, 1.54) is 24.0 Å². The van der Waals surface area contributed by atoms with Gasteiger partial charge < -0.3 is 5.73 Å². The third kappa shape index (κ3) is 4.53. The minimum absolute atomic E-state index is 0.607. The van der Waals surface area contributed by atoms with Crippen LogP contribution in [0.4, 0.5) is 0 Å². The second kappa shape index (κ2) is 7.75. The van der Waals surface area contributed by atoms with Gasteiger partial charge in [0.2, 0.25) is 0 Å².